The van der Waals surface area contributed by atoms with Gasteiger partial charge in [-0.2, -0.15) is 0 Å². The number of hydrogen-bond acceptors (Lipinski definition) is 4. The van der Waals surface area contributed by atoms with Crippen molar-refractivity contribution in [3.05, 3.63) is 112 Å². The fraction of sp³-hybridized carbons (Fsp3) is 0.310. The van der Waals surface area contributed by atoms with Crippen LogP contribution in [-0.2, 0) is 0 Å². The summed E-state index contributed by atoms with van der Waals surface area (Å²) in [5.74, 6) is 0.733. The molecule has 34 heavy (non-hydrogen) atoms. The third-order valence-electron chi connectivity index (χ3n) is 7.13. The number of benzene rings is 3. The van der Waals surface area contributed by atoms with Gasteiger partial charge in [-0.15, -0.1) is 0 Å². The average Bonchev–Trinajstić information content (AvgIpc) is 3.58. The Kier molecular flexibility index (Phi) is 5.53. The fourth-order valence-electron chi connectivity index (χ4n) is 4.69. The van der Waals surface area contributed by atoms with Crippen LogP contribution in [0.5, 0.6) is 0 Å². The molecule has 174 valence electrons. The van der Waals surface area contributed by atoms with Crippen molar-refractivity contribution in [3.8, 4) is 0 Å². The molecule has 0 aliphatic carbocycles. The number of para-hydroxylation sites is 1. The lowest BCUT2D eigenvalue weighted by molar-refractivity contribution is 0.173. The number of aliphatic hydroxyl groups excluding tert-OH is 1. The molecule has 3 aromatic carbocycles. The molecular weight excluding hydrogens is 422 g/mol. The van der Waals surface area contributed by atoms with Crippen LogP contribution in [0.4, 0.5) is 0 Å². The highest BCUT2D eigenvalue weighted by Crippen LogP contribution is 2.48. The molecule has 5 nitrogen and oxygen atoms in total. The molecule has 1 aliphatic rings. The minimum atomic E-state index is -0.748. The first-order valence-corrected chi connectivity index (χ1v) is 11.9. The Morgan fingerprint density at radius 2 is 1.47 bits per heavy atom. The summed E-state index contributed by atoms with van der Waals surface area (Å²) in [6.45, 7) is 8.61. The minimum Gasteiger partial charge on any atom is -0.386 e. The lowest BCUT2D eigenvalue weighted by Gasteiger charge is -2.30. The quantitative estimate of drug-likeness (QED) is 0.414. The summed E-state index contributed by atoms with van der Waals surface area (Å²) in [5, 5.41) is 14.0. The van der Waals surface area contributed by atoms with Gasteiger partial charge in [0.15, 0.2) is 0 Å². The van der Waals surface area contributed by atoms with Crippen molar-refractivity contribution in [1.29, 1.82) is 0 Å². The van der Waals surface area contributed by atoms with Crippen LogP contribution in [0.15, 0.2) is 89.7 Å². The highest BCUT2D eigenvalue weighted by Gasteiger charge is 2.55. The Labute approximate surface area is 200 Å². The molecule has 1 aliphatic heterocycles. The molecule has 0 saturated carbocycles. The van der Waals surface area contributed by atoms with E-state index in [1.54, 1.807) is 4.68 Å². The van der Waals surface area contributed by atoms with Gasteiger partial charge in [-0.05, 0) is 28.7 Å². The molecule has 1 fully saturated rings. The predicted octanol–water partition coefficient (Wildman–Crippen LogP) is 5.34. The number of hydrogen-bond donors (Lipinski definition) is 1. The minimum absolute atomic E-state index is 0.0105. The van der Waals surface area contributed by atoms with Crippen LogP contribution in [0.25, 0.3) is 10.9 Å². The molecule has 1 saturated heterocycles. The molecule has 4 aromatic rings. The van der Waals surface area contributed by atoms with Gasteiger partial charge >= 0.3 is 0 Å². The van der Waals surface area contributed by atoms with E-state index in [4.69, 9.17) is 4.98 Å². The summed E-state index contributed by atoms with van der Waals surface area (Å²) in [6, 6.07) is 26.9. The molecule has 5 rings (SSSR count). The summed E-state index contributed by atoms with van der Waals surface area (Å²) < 4.78 is 1.74. The molecule has 0 radical (unpaired) electrons. The normalized spacial score (nSPS) is 19.7. The van der Waals surface area contributed by atoms with Gasteiger partial charge in [-0.25, -0.2) is 9.66 Å². The number of nitrogens with zero attached hydrogens (tertiary/aromatic N) is 3. The smallest absolute Gasteiger partial charge is 0.280 e. The Morgan fingerprint density at radius 1 is 0.882 bits per heavy atom. The van der Waals surface area contributed by atoms with Crippen LogP contribution in [0.3, 0.4) is 0 Å². The van der Waals surface area contributed by atoms with Crippen LogP contribution in [0.1, 0.15) is 62.7 Å². The zero-order valence-corrected chi connectivity index (χ0v) is 20.1. The second kappa shape index (κ2) is 8.41. The molecule has 0 amide bonds. The van der Waals surface area contributed by atoms with E-state index in [9.17, 15) is 9.90 Å². The number of fused-ring (bicyclic) bond motifs is 1. The van der Waals surface area contributed by atoms with E-state index in [-0.39, 0.29) is 29.0 Å². The van der Waals surface area contributed by atoms with Gasteiger partial charge in [-0.3, -0.25) is 9.80 Å². The van der Waals surface area contributed by atoms with Crippen molar-refractivity contribution in [3.63, 3.8) is 0 Å². The second-order valence-electron chi connectivity index (χ2n) is 10.3. The van der Waals surface area contributed by atoms with Crippen LogP contribution in [0.2, 0.25) is 0 Å². The lowest BCUT2D eigenvalue weighted by Crippen LogP contribution is -2.37. The second-order valence-corrected chi connectivity index (χ2v) is 10.3. The fourth-order valence-corrected chi connectivity index (χ4v) is 4.69. The summed E-state index contributed by atoms with van der Waals surface area (Å²) >= 11 is 0. The van der Waals surface area contributed by atoms with Crippen molar-refractivity contribution in [2.24, 2.45) is 5.41 Å². The Bertz CT molecular complexity index is 1360. The summed E-state index contributed by atoms with van der Waals surface area (Å²) in [4.78, 5) is 18.9. The Hall–Kier alpha value is -3.44. The van der Waals surface area contributed by atoms with E-state index < -0.39 is 6.10 Å². The molecule has 4 atom stereocenters. The van der Waals surface area contributed by atoms with E-state index in [0.717, 1.165) is 17.0 Å². The van der Waals surface area contributed by atoms with Crippen molar-refractivity contribution >= 4 is 10.9 Å². The van der Waals surface area contributed by atoms with Gasteiger partial charge in [0.2, 0.25) is 0 Å². The number of aliphatic hydroxyl groups is 1. The highest BCUT2D eigenvalue weighted by atomic mass is 16.3. The first-order chi connectivity index (χ1) is 16.3. The van der Waals surface area contributed by atoms with Crippen LogP contribution in [0, 0.1) is 5.41 Å². The van der Waals surface area contributed by atoms with Gasteiger partial charge < -0.3 is 5.11 Å². The third-order valence-corrected chi connectivity index (χ3v) is 7.13. The van der Waals surface area contributed by atoms with Crippen LogP contribution >= 0.6 is 0 Å². The Balaban J connectivity index is 1.71. The predicted molar refractivity (Wildman–Crippen MR) is 136 cm³/mol. The number of aromatic nitrogens is 2. The first kappa shape index (κ1) is 22.4. The molecule has 0 spiro atoms. The summed E-state index contributed by atoms with van der Waals surface area (Å²) in [7, 11) is 0. The Morgan fingerprint density at radius 3 is 2.12 bits per heavy atom. The summed E-state index contributed by atoms with van der Waals surface area (Å²) in [6.07, 6.45) is -0.748. The third kappa shape index (κ3) is 3.80. The van der Waals surface area contributed by atoms with E-state index in [1.807, 2.05) is 77.8 Å². The molecule has 2 heterocycles. The van der Waals surface area contributed by atoms with Gasteiger partial charge in [-0.1, -0.05) is 100 Å². The molecule has 5 heteroatoms. The van der Waals surface area contributed by atoms with Gasteiger partial charge in [0.1, 0.15) is 18.0 Å². The molecule has 1 aromatic heterocycles. The van der Waals surface area contributed by atoms with Gasteiger partial charge in [0.05, 0.1) is 16.9 Å². The molecule has 0 bridgehead atoms. The van der Waals surface area contributed by atoms with Crippen molar-refractivity contribution < 1.29 is 5.11 Å². The monoisotopic (exact) mass is 453 g/mol. The van der Waals surface area contributed by atoms with Crippen LogP contribution < -0.4 is 10.6 Å². The van der Waals surface area contributed by atoms with Crippen molar-refractivity contribution in [2.45, 2.75) is 51.8 Å². The topological polar surface area (TPSA) is 58.1 Å². The number of rotatable bonds is 5. The van der Waals surface area contributed by atoms with E-state index >= 15 is 0 Å². The van der Waals surface area contributed by atoms with Crippen LogP contribution in [-0.4, -0.2) is 20.8 Å². The lowest BCUT2D eigenvalue weighted by atomic mass is 9.81. The average molecular weight is 454 g/mol. The maximum absolute atomic E-state index is 13.9. The van der Waals surface area contributed by atoms with Crippen molar-refractivity contribution in [1.82, 2.24) is 9.66 Å². The molecular formula is C29H31N3O2. The van der Waals surface area contributed by atoms with E-state index in [0.29, 0.717) is 10.9 Å². The standard InChI is InChI=1S/C29H31N3O2/c1-19(29(2,3)4)27-30-23-18-12-11-17-22(23)28(34)32(27)31-24(20-13-7-5-8-14-20)25(31)26(33)21-15-9-6-10-16-21/h5-19,24-26,33H,1-4H3. The summed E-state index contributed by atoms with van der Waals surface area (Å²) in [5.41, 5.74) is 2.41. The maximum Gasteiger partial charge on any atom is 0.280 e. The zero-order valence-electron chi connectivity index (χ0n) is 20.1. The highest BCUT2D eigenvalue weighted by molar-refractivity contribution is 5.77. The SMILES string of the molecule is CC(c1nc2ccccc2c(=O)n1N1C(c2ccccc2)C1C(O)c1ccccc1)C(C)(C)C. The van der Waals surface area contributed by atoms with Gasteiger partial charge in [0, 0.05) is 5.92 Å². The molecule has 4 unspecified atom stereocenters. The van der Waals surface area contributed by atoms with E-state index in [2.05, 4.69) is 39.8 Å². The first-order valence-electron chi connectivity index (χ1n) is 11.9. The maximum atomic E-state index is 13.9. The largest absolute Gasteiger partial charge is 0.386 e. The van der Waals surface area contributed by atoms with E-state index in [1.165, 1.54) is 0 Å². The van der Waals surface area contributed by atoms with Gasteiger partial charge in [0.25, 0.3) is 5.56 Å². The van der Waals surface area contributed by atoms with Crippen molar-refractivity contribution in [2.75, 3.05) is 5.01 Å². The molecule has 1 N–H and O–H groups in total. The zero-order chi connectivity index (χ0) is 24.0.